The molecule has 0 bridgehead atoms. The summed E-state index contributed by atoms with van der Waals surface area (Å²) in [5.41, 5.74) is 5.29. The summed E-state index contributed by atoms with van der Waals surface area (Å²) in [5, 5.41) is 5.56. The molecule has 0 saturated heterocycles. The molecule has 0 atom stereocenters. The van der Waals surface area contributed by atoms with Gasteiger partial charge >= 0.3 is 0 Å². The highest BCUT2D eigenvalue weighted by Crippen LogP contribution is 2.36. The zero-order valence-corrected chi connectivity index (χ0v) is 20.3. The fourth-order valence-corrected chi connectivity index (χ4v) is 4.89. The van der Waals surface area contributed by atoms with E-state index in [0.29, 0.717) is 19.7 Å². The van der Waals surface area contributed by atoms with Crippen LogP contribution in [0.25, 0.3) is 16.0 Å². The number of benzene rings is 2. The lowest BCUT2D eigenvalue weighted by Crippen LogP contribution is -2.30. The number of fused-ring (bicyclic) bond motifs is 1. The fourth-order valence-electron chi connectivity index (χ4n) is 4.16. The summed E-state index contributed by atoms with van der Waals surface area (Å²) in [6.45, 7) is 7.90. The van der Waals surface area contributed by atoms with Crippen molar-refractivity contribution in [3.8, 4) is 16.2 Å². The second-order valence-electron chi connectivity index (χ2n) is 8.10. The van der Waals surface area contributed by atoms with Crippen molar-refractivity contribution in [1.82, 2.24) is 10.2 Å². The smallest absolute Gasteiger partial charge is 0.253 e. The number of rotatable bonds is 5. The molecule has 0 aliphatic carbocycles. The lowest BCUT2D eigenvalue weighted by atomic mass is 9.93. The van der Waals surface area contributed by atoms with Crippen LogP contribution in [0.2, 0.25) is 0 Å². The van der Waals surface area contributed by atoms with Crippen molar-refractivity contribution >= 4 is 22.8 Å². The van der Waals surface area contributed by atoms with Crippen molar-refractivity contribution in [3.05, 3.63) is 82.7 Å². The van der Waals surface area contributed by atoms with E-state index in [1.165, 1.54) is 10.4 Å². The van der Waals surface area contributed by atoms with E-state index in [1.807, 2.05) is 30.9 Å². The summed E-state index contributed by atoms with van der Waals surface area (Å²) >= 11 is 1.74. The minimum absolute atomic E-state index is 0. The van der Waals surface area contributed by atoms with Crippen LogP contribution < -0.4 is 10.1 Å². The number of ether oxygens (including phenoxy) is 1. The third-order valence-electron chi connectivity index (χ3n) is 6.01. The normalized spacial score (nSPS) is 16.0. The van der Waals surface area contributed by atoms with Gasteiger partial charge in [-0.3, -0.25) is 4.79 Å². The van der Waals surface area contributed by atoms with Crippen LogP contribution in [0.1, 0.15) is 49.6 Å². The van der Waals surface area contributed by atoms with Crippen molar-refractivity contribution in [2.75, 3.05) is 32.8 Å². The first-order valence-corrected chi connectivity index (χ1v) is 12.7. The molecule has 174 valence electrons. The molecule has 2 heterocycles. The maximum Gasteiger partial charge on any atom is 0.253 e. The van der Waals surface area contributed by atoms with Crippen LogP contribution in [0.4, 0.5) is 0 Å². The molecule has 3 aromatic rings. The van der Waals surface area contributed by atoms with Gasteiger partial charge in [-0.05, 0) is 91.7 Å². The van der Waals surface area contributed by atoms with E-state index in [0.717, 1.165) is 53.9 Å². The van der Waals surface area contributed by atoms with E-state index in [9.17, 15) is 4.79 Å². The summed E-state index contributed by atoms with van der Waals surface area (Å²) in [7, 11) is 0. The van der Waals surface area contributed by atoms with Crippen molar-refractivity contribution in [3.63, 3.8) is 0 Å². The molecule has 1 aliphatic heterocycles. The fraction of sp³-hybridized carbons (Fsp3) is 0.321. The van der Waals surface area contributed by atoms with Gasteiger partial charge in [0.25, 0.3) is 5.91 Å². The van der Waals surface area contributed by atoms with Gasteiger partial charge in [0.1, 0.15) is 12.4 Å². The average molecular weight is 463 g/mol. The van der Waals surface area contributed by atoms with E-state index in [2.05, 4.69) is 59.2 Å². The first-order valence-electron chi connectivity index (χ1n) is 11.8. The largest absolute Gasteiger partial charge is 0.492 e. The van der Waals surface area contributed by atoms with Gasteiger partial charge in [-0.25, -0.2) is 0 Å². The third kappa shape index (κ3) is 5.55. The molecule has 0 saturated carbocycles. The number of hydrogen-bond donors (Lipinski definition) is 1. The predicted molar refractivity (Wildman–Crippen MR) is 140 cm³/mol. The first-order chi connectivity index (χ1) is 16.2. The number of allylic oxidation sites excluding steroid dienone is 1. The summed E-state index contributed by atoms with van der Waals surface area (Å²) in [5.74, 6) is 0.978. The Bertz CT molecular complexity index is 1090. The summed E-state index contributed by atoms with van der Waals surface area (Å²) < 4.78 is 6.21. The zero-order valence-electron chi connectivity index (χ0n) is 19.5. The molecule has 0 unspecified atom stereocenters. The number of carbonyl (C=O) groups excluding carboxylic acids is 1. The lowest BCUT2D eigenvalue weighted by Gasteiger charge is -2.19. The van der Waals surface area contributed by atoms with E-state index in [1.54, 1.807) is 11.3 Å². The van der Waals surface area contributed by atoms with Gasteiger partial charge in [0, 0.05) is 37.1 Å². The summed E-state index contributed by atoms with van der Waals surface area (Å²) in [6.07, 6.45) is 4.36. The van der Waals surface area contributed by atoms with Crippen molar-refractivity contribution in [2.24, 2.45) is 0 Å². The number of nitrogens with one attached hydrogen (secondary N) is 1. The summed E-state index contributed by atoms with van der Waals surface area (Å²) in [6, 6.07) is 18.8. The number of hydrogen-bond acceptors (Lipinski definition) is 4. The maximum atomic E-state index is 12.8. The van der Waals surface area contributed by atoms with Crippen LogP contribution in [0, 0.1) is 0 Å². The van der Waals surface area contributed by atoms with Gasteiger partial charge < -0.3 is 15.0 Å². The van der Waals surface area contributed by atoms with Crippen LogP contribution in [0.5, 0.6) is 5.75 Å². The number of carbonyl (C=O) groups is 1. The zero-order chi connectivity index (χ0) is 23.0. The Kier molecular flexibility index (Phi) is 7.97. The molecule has 4 nitrogen and oxygen atoms in total. The van der Waals surface area contributed by atoms with Crippen LogP contribution in [-0.4, -0.2) is 43.6 Å². The molecule has 33 heavy (non-hydrogen) atoms. The van der Waals surface area contributed by atoms with Crippen molar-refractivity contribution in [1.29, 1.82) is 0 Å². The highest BCUT2D eigenvalue weighted by molar-refractivity contribution is 7.13. The monoisotopic (exact) mass is 462 g/mol. The van der Waals surface area contributed by atoms with E-state index in [-0.39, 0.29) is 7.33 Å². The van der Waals surface area contributed by atoms with Gasteiger partial charge in [-0.1, -0.05) is 24.3 Å². The highest BCUT2D eigenvalue weighted by Gasteiger charge is 2.16. The van der Waals surface area contributed by atoms with Crippen molar-refractivity contribution in [2.45, 2.75) is 26.7 Å². The molecule has 1 aromatic heterocycles. The van der Waals surface area contributed by atoms with E-state index in [4.69, 9.17) is 4.74 Å². The molecule has 2 aromatic carbocycles. The molecule has 5 heteroatoms. The molecule has 0 radical (unpaired) electrons. The number of thiophene rings is 1. The SMILES string of the molecule is CCN(CC)C(=O)c1ccc(/C2=C/CCCNCCOc3ccc(-c4cccs4)cc32)cc1.[HH]. The third-order valence-corrected chi connectivity index (χ3v) is 6.93. The number of nitrogens with zero attached hydrogens (tertiary/aromatic N) is 1. The standard InChI is InChI=1S/C28H32N2O2S.H2/c1-3-30(4-2)28(31)22-12-10-21(11-13-22)24-8-5-6-16-29-17-18-32-26-15-14-23(20-25(24)26)27-9-7-19-33-27;/h7-15,19-20,29H,3-6,16-18H2,1-2H3;1H/b24-8-;. The predicted octanol–water partition coefficient (Wildman–Crippen LogP) is 6.34. The maximum absolute atomic E-state index is 12.8. The topological polar surface area (TPSA) is 41.6 Å². The summed E-state index contributed by atoms with van der Waals surface area (Å²) in [4.78, 5) is 15.9. The average Bonchev–Trinajstić information content (AvgIpc) is 3.38. The second kappa shape index (κ2) is 11.3. The second-order valence-corrected chi connectivity index (χ2v) is 9.05. The van der Waals surface area contributed by atoms with Gasteiger partial charge in [-0.2, -0.15) is 0 Å². The van der Waals surface area contributed by atoms with Gasteiger partial charge in [-0.15, -0.1) is 11.3 Å². The Hall–Kier alpha value is -2.89. The van der Waals surface area contributed by atoms with Gasteiger partial charge in [0.2, 0.25) is 0 Å². The molecule has 4 rings (SSSR count). The van der Waals surface area contributed by atoms with Crippen LogP contribution in [0.15, 0.2) is 66.1 Å². The van der Waals surface area contributed by atoms with Crippen molar-refractivity contribution < 1.29 is 11.0 Å². The van der Waals surface area contributed by atoms with Crippen LogP contribution >= 0.6 is 11.3 Å². The Labute approximate surface area is 202 Å². The molecule has 1 N–H and O–H groups in total. The quantitative estimate of drug-likeness (QED) is 0.481. The molecule has 0 spiro atoms. The number of amides is 1. The van der Waals surface area contributed by atoms with Crippen LogP contribution in [0.3, 0.4) is 0 Å². The molecule has 1 aliphatic rings. The molecular weight excluding hydrogens is 428 g/mol. The van der Waals surface area contributed by atoms with Gasteiger partial charge in [0.05, 0.1) is 0 Å². The van der Waals surface area contributed by atoms with E-state index < -0.39 is 0 Å². The Morgan fingerprint density at radius 3 is 2.58 bits per heavy atom. The molecule has 0 fully saturated rings. The Morgan fingerprint density at radius 2 is 1.85 bits per heavy atom. The first kappa shape index (κ1) is 23.3. The van der Waals surface area contributed by atoms with Gasteiger partial charge in [0.15, 0.2) is 0 Å². The Balaban J connectivity index is 0.00000324. The molecular formula is C28H34N2O2S. The lowest BCUT2D eigenvalue weighted by molar-refractivity contribution is 0.0773. The molecule has 1 amide bonds. The van der Waals surface area contributed by atoms with Crippen LogP contribution in [-0.2, 0) is 0 Å². The van der Waals surface area contributed by atoms with E-state index >= 15 is 0 Å². The highest BCUT2D eigenvalue weighted by atomic mass is 32.1. The minimum atomic E-state index is 0. The Morgan fingerprint density at radius 1 is 1.06 bits per heavy atom. The minimum Gasteiger partial charge on any atom is -0.492 e.